The summed E-state index contributed by atoms with van der Waals surface area (Å²) in [5.74, 6) is 3.70. The Balaban J connectivity index is 3.97. The van der Waals surface area contributed by atoms with E-state index >= 15 is 0 Å². The second-order valence-electron chi connectivity index (χ2n) is 2.09. The highest BCUT2D eigenvalue weighted by Gasteiger charge is 2.13. The van der Waals surface area contributed by atoms with E-state index in [-0.39, 0.29) is 0 Å². The van der Waals surface area contributed by atoms with Crippen molar-refractivity contribution in [2.24, 2.45) is 0 Å². The highest BCUT2D eigenvalue weighted by atomic mass is 16.5. The van der Waals surface area contributed by atoms with E-state index in [1.807, 2.05) is 0 Å². The smallest absolute Gasteiger partial charge is 0.328 e. The predicted octanol–water partition coefficient (Wildman–Crippen LogP) is -0.313. The molecule has 0 rings (SSSR count). The number of nitrogens with one attached hydrogen (secondary N) is 1. The number of hydrogen-bond acceptors (Lipinski definition) is 3. The Morgan fingerprint density at radius 1 is 1.50 bits per heavy atom. The molecule has 1 N–H and O–H groups in total. The Labute approximate surface area is 71.3 Å². The van der Waals surface area contributed by atoms with Gasteiger partial charge in [0, 0.05) is 0 Å². The largest absolute Gasteiger partial charge is 0.467 e. The molecule has 0 radical (unpaired) electrons. The first-order valence-electron chi connectivity index (χ1n) is 3.43. The summed E-state index contributed by atoms with van der Waals surface area (Å²) in [5.41, 5.74) is 0. The molecule has 0 aromatic heterocycles. The Bertz CT molecular complexity index is 236. The van der Waals surface area contributed by atoms with Crippen LogP contribution >= 0.6 is 0 Å². The first kappa shape index (κ1) is 10.5. The zero-order valence-corrected chi connectivity index (χ0v) is 7.30. The molecule has 1 atom stereocenters. The van der Waals surface area contributed by atoms with Gasteiger partial charge in [-0.25, -0.2) is 4.79 Å². The minimum atomic E-state index is -0.650. The van der Waals surface area contributed by atoms with Crippen molar-refractivity contribution in [1.82, 2.24) is 5.32 Å². The van der Waals surface area contributed by atoms with Crippen molar-refractivity contribution < 1.29 is 14.3 Å². The van der Waals surface area contributed by atoms with Crippen LogP contribution in [0.4, 0.5) is 0 Å². The average molecular weight is 169 g/mol. The van der Waals surface area contributed by atoms with Gasteiger partial charge in [0.2, 0.25) is 0 Å². The van der Waals surface area contributed by atoms with E-state index in [2.05, 4.69) is 21.9 Å². The molecule has 0 aliphatic carbocycles. The summed E-state index contributed by atoms with van der Waals surface area (Å²) in [5, 5.41) is 2.34. The molecule has 0 saturated carbocycles. The van der Waals surface area contributed by atoms with Gasteiger partial charge in [-0.2, -0.15) is 0 Å². The minimum absolute atomic E-state index is 0.476. The SMILES string of the molecule is CC#CC(=O)NC(C)C(=O)OC. The van der Waals surface area contributed by atoms with Gasteiger partial charge >= 0.3 is 5.97 Å². The molecule has 1 amide bonds. The molecule has 0 bridgehead atoms. The number of carbonyl (C=O) groups excluding carboxylic acids is 2. The number of rotatable bonds is 2. The molecule has 0 spiro atoms. The molecule has 0 aliphatic heterocycles. The Kier molecular flexibility index (Phi) is 4.54. The zero-order chi connectivity index (χ0) is 9.56. The van der Waals surface area contributed by atoms with Crippen molar-refractivity contribution in [3.05, 3.63) is 0 Å². The van der Waals surface area contributed by atoms with Crippen LogP contribution in [0, 0.1) is 11.8 Å². The van der Waals surface area contributed by atoms with E-state index in [0.29, 0.717) is 0 Å². The molecule has 12 heavy (non-hydrogen) atoms. The molecule has 0 aromatic carbocycles. The number of carbonyl (C=O) groups is 2. The van der Waals surface area contributed by atoms with Gasteiger partial charge in [0.25, 0.3) is 5.91 Å². The fraction of sp³-hybridized carbons (Fsp3) is 0.500. The quantitative estimate of drug-likeness (QED) is 0.455. The molecule has 0 heterocycles. The van der Waals surface area contributed by atoms with Gasteiger partial charge in [-0.3, -0.25) is 4.79 Å². The third kappa shape index (κ3) is 3.62. The third-order valence-corrected chi connectivity index (χ3v) is 1.14. The topological polar surface area (TPSA) is 55.4 Å². The number of esters is 1. The molecule has 66 valence electrons. The zero-order valence-electron chi connectivity index (χ0n) is 7.30. The van der Waals surface area contributed by atoms with Crippen LogP contribution in [0.15, 0.2) is 0 Å². The molecule has 0 aliphatic rings. The molecule has 4 nitrogen and oxygen atoms in total. The molecule has 0 aromatic rings. The van der Waals surface area contributed by atoms with Gasteiger partial charge in [-0.05, 0) is 19.8 Å². The molecular formula is C8H11NO3. The Hall–Kier alpha value is -1.50. The minimum Gasteiger partial charge on any atom is -0.467 e. The third-order valence-electron chi connectivity index (χ3n) is 1.14. The van der Waals surface area contributed by atoms with Crippen LogP contribution in [-0.2, 0) is 14.3 Å². The summed E-state index contributed by atoms with van der Waals surface area (Å²) in [4.78, 5) is 21.5. The van der Waals surface area contributed by atoms with Crippen molar-refractivity contribution >= 4 is 11.9 Å². The van der Waals surface area contributed by atoms with Gasteiger partial charge in [-0.1, -0.05) is 5.92 Å². The van der Waals surface area contributed by atoms with E-state index in [1.165, 1.54) is 14.0 Å². The second-order valence-corrected chi connectivity index (χ2v) is 2.09. The lowest BCUT2D eigenvalue weighted by molar-refractivity contribution is -0.143. The lowest BCUT2D eigenvalue weighted by Gasteiger charge is -2.07. The van der Waals surface area contributed by atoms with Crippen molar-refractivity contribution in [3.63, 3.8) is 0 Å². The maximum atomic E-state index is 10.8. The maximum absolute atomic E-state index is 10.8. The lowest BCUT2D eigenvalue weighted by atomic mass is 10.3. The van der Waals surface area contributed by atoms with E-state index in [0.717, 1.165) is 0 Å². The van der Waals surface area contributed by atoms with Crippen LogP contribution in [0.5, 0.6) is 0 Å². The van der Waals surface area contributed by atoms with Crippen LogP contribution < -0.4 is 5.32 Å². The second kappa shape index (κ2) is 5.19. The maximum Gasteiger partial charge on any atom is 0.328 e. The lowest BCUT2D eigenvalue weighted by Crippen LogP contribution is -2.38. The summed E-state index contributed by atoms with van der Waals surface area (Å²) >= 11 is 0. The summed E-state index contributed by atoms with van der Waals surface area (Å²) in [6, 6.07) is -0.650. The molecule has 0 fully saturated rings. The summed E-state index contributed by atoms with van der Waals surface area (Å²) in [6.45, 7) is 3.07. The van der Waals surface area contributed by atoms with E-state index in [9.17, 15) is 9.59 Å². The Morgan fingerprint density at radius 2 is 2.08 bits per heavy atom. The number of hydrogen-bond donors (Lipinski definition) is 1. The van der Waals surface area contributed by atoms with Crippen LogP contribution in [0.1, 0.15) is 13.8 Å². The van der Waals surface area contributed by atoms with Crippen LogP contribution in [-0.4, -0.2) is 25.0 Å². The summed E-state index contributed by atoms with van der Waals surface area (Å²) in [6.07, 6.45) is 0. The van der Waals surface area contributed by atoms with Crippen molar-refractivity contribution in [2.75, 3.05) is 7.11 Å². The monoisotopic (exact) mass is 169 g/mol. The highest BCUT2D eigenvalue weighted by Crippen LogP contribution is 1.84. The first-order valence-corrected chi connectivity index (χ1v) is 3.43. The van der Waals surface area contributed by atoms with Crippen molar-refractivity contribution in [2.45, 2.75) is 19.9 Å². The summed E-state index contributed by atoms with van der Waals surface area (Å²) < 4.78 is 4.39. The fourth-order valence-corrected chi connectivity index (χ4v) is 0.582. The number of methoxy groups -OCH3 is 1. The standard InChI is InChI=1S/C8H11NO3/c1-4-5-7(10)9-6(2)8(11)12-3/h6H,1-3H3,(H,9,10). The van der Waals surface area contributed by atoms with E-state index in [4.69, 9.17) is 0 Å². The summed E-state index contributed by atoms with van der Waals surface area (Å²) in [7, 11) is 1.26. The molecule has 1 unspecified atom stereocenters. The van der Waals surface area contributed by atoms with Gasteiger partial charge in [0.1, 0.15) is 6.04 Å². The predicted molar refractivity (Wildman–Crippen MR) is 43.1 cm³/mol. The van der Waals surface area contributed by atoms with Crippen LogP contribution in [0.25, 0.3) is 0 Å². The van der Waals surface area contributed by atoms with Crippen molar-refractivity contribution in [3.8, 4) is 11.8 Å². The normalized spacial score (nSPS) is 10.6. The van der Waals surface area contributed by atoms with E-state index in [1.54, 1.807) is 6.92 Å². The highest BCUT2D eigenvalue weighted by molar-refractivity contribution is 5.95. The number of ether oxygens (including phenoxy) is 1. The fourth-order valence-electron chi connectivity index (χ4n) is 0.582. The average Bonchev–Trinajstić information content (AvgIpc) is 2.03. The first-order chi connectivity index (χ1) is 5.61. The van der Waals surface area contributed by atoms with Crippen LogP contribution in [0.2, 0.25) is 0 Å². The van der Waals surface area contributed by atoms with Gasteiger partial charge in [-0.15, -0.1) is 0 Å². The van der Waals surface area contributed by atoms with Crippen molar-refractivity contribution in [1.29, 1.82) is 0 Å². The van der Waals surface area contributed by atoms with E-state index < -0.39 is 17.9 Å². The molecule has 0 saturated heterocycles. The number of amides is 1. The van der Waals surface area contributed by atoms with Gasteiger partial charge < -0.3 is 10.1 Å². The molecular weight excluding hydrogens is 158 g/mol. The Morgan fingerprint density at radius 3 is 2.50 bits per heavy atom. The van der Waals surface area contributed by atoms with Gasteiger partial charge in [0.15, 0.2) is 0 Å². The van der Waals surface area contributed by atoms with Gasteiger partial charge in [0.05, 0.1) is 7.11 Å². The van der Waals surface area contributed by atoms with Crippen LogP contribution in [0.3, 0.4) is 0 Å². The molecule has 4 heteroatoms.